The van der Waals surface area contributed by atoms with Crippen molar-refractivity contribution in [1.82, 2.24) is 19.7 Å². The van der Waals surface area contributed by atoms with E-state index in [0.29, 0.717) is 0 Å². The number of rotatable bonds is 4. The molecule has 2 atom stereocenters. The molecular weight excluding hydrogens is 494 g/mol. The molecule has 0 unspecified atom stereocenters. The maximum Gasteiger partial charge on any atom is 0.416 e. The Morgan fingerprint density at radius 1 is 1.00 bits per heavy atom. The third kappa shape index (κ3) is 4.77. The fourth-order valence-corrected chi connectivity index (χ4v) is 4.12. The lowest BCUT2D eigenvalue weighted by atomic mass is 9.83. The van der Waals surface area contributed by atoms with Crippen LogP contribution in [0.5, 0.6) is 0 Å². The topological polar surface area (TPSA) is 77.3 Å². The summed E-state index contributed by atoms with van der Waals surface area (Å²) in [5.41, 5.74) is -3.48. The molecule has 2 heterocycles. The van der Waals surface area contributed by atoms with Gasteiger partial charge in [0.15, 0.2) is 5.60 Å². The van der Waals surface area contributed by atoms with E-state index in [4.69, 9.17) is 4.74 Å². The molecule has 1 aliphatic heterocycles. The van der Waals surface area contributed by atoms with E-state index < -0.39 is 53.5 Å². The summed E-state index contributed by atoms with van der Waals surface area (Å²) >= 11 is 0. The van der Waals surface area contributed by atoms with Crippen molar-refractivity contribution in [3.63, 3.8) is 0 Å². The molecule has 1 fully saturated rings. The number of esters is 1. The number of carbonyl (C=O) groups excluding carboxylic acids is 2. The van der Waals surface area contributed by atoms with Gasteiger partial charge < -0.3 is 9.64 Å². The number of morpholine rings is 1. The van der Waals surface area contributed by atoms with Crippen LogP contribution in [0.2, 0.25) is 0 Å². The molecule has 36 heavy (non-hydrogen) atoms. The Morgan fingerprint density at radius 3 is 2.06 bits per heavy atom. The summed E-state index contributed by atoms with van der Waals surface area (Å²) in [7, 11) is 0. The molecule has 190 valence electrons. The van der Waals surface area contributed by atoms with Gasteiger partial charge in [-0.1, -0.05) is 12.1 Å². The SMILES string of the molecule is C[C@H]1N(C(=O)c2ccc(C(F)(F)F)cc2)CC(=O)O[C@@]1(Cn1cncn1)c1ccc(C(F)(F)F)cc1. The lowest BCUT2D eigenvalue weighted by Gasteiger charge is -2.47. The average molecular weight is 512 g/mol. The minimum Gasteiger partial charge on any atom is -0.449 e. The molecule has 0 saturated carbocycles. The number of ether oxygens (including phenoxy) is 1. The summed E-state index contributed by atoms with van der Waals surface area (Å²) in [4.78, 5) is 30.9. The zero-order valence-electron chi connectivity index (χ0n) is 18.5. The second-order valence-corrected chi connectivity index (χ2v) is 8.22. The first-order valence-electron chi connectivity index (χ1n) is 10.5. The van der Waals surface area contributed by atoms with E-state index in [2.05, 4.69) is 10.1 Å². The van der Waals surface area contributed by atoms with Crippen molar-refractivity contribution in [3.8, 4) is 0 Å². The number of cyclic esters (lactones) is 1. The van der Waals surface area contributed by atoms with Crippen LogP contribution in [0.4, 0.5) is 26.3 Å². The van der Waals surface area contributed by atoms with Gasteiger partial charge in [0.1, 0.15) is 19.2 Å². The van der Waals surface area contributed by atoms with Gasteiger partial charge in [0.2, 0.25) is 0 Å². The quantitative estimate of drug-likeness (QED) is 0.385. The summed E-state index contributed by atoms with van der Waals surface area (Å²) in [5, 5.41) is 3.98. The van der Waals surface area contributed by atoms with Gasteiger partial charge in [-0.05, 0) is 48.9 Å². The molecule has 1 aliphatic rings. The zero-order valence-corrected chi connectivity index (χ0v) is 18.5. The van der Waals surface area contributed by atoms with Crippen molar-refractivity contribution in [1.29, 1.82) is 0 Å². The van der Waals surface area contributed by atoms with Crippen LogP contribution >= 0.6 is 0 Å². The third-order valence-electron chi connectivity index (χ3n) is 6.02. The predicted octanol–water partition coefficient (Wildman–Crippen LogP) is 4.30. The molecule has 3 aromatic rings. The Balaban J connectivity index is 1.75. The van der Waals surface area contributed by atoms with Gasteiger partial charge >= 0.3 is 18.3 Å². The number of halogens is 6. The molecule has 1 amide bonds. The second-order valence-electron chi connectivity index (χ2n) is 8.22. The van der Waals surface area contributed by atoms with Crippen LogP contribution in [-0.2, 0) is 34.0 Å². The maximum atomic E-state index is 13.3. The van der Waals surface area contributed by atoms with E-state index in [0.717, 1.165) is 53.4 Å². The van der Waals surface area contributed by atoms with E-state index in [9.17, 15) is 35.9 Å². The lowest BCUT2D eigenvalue weighted by Crippen LogP contribution is -2.61. The summed E-state index contributed by atoms with van der Waals surface area (Å²) in [6.07, 6.45) is -6.68. The van der Waals surface area contributed by atoms with E-state index in [1.165, 1.54) is 24.3 Å². The Morgan fingerprint density at radius 2 is 1.56 bits per heavy atom. The minimum absolute atomic E-state index is 0.105. The number of aromatic nitrogens is 3. The zero-order chi connectivity index (χ0) is 26.3. The first-order chi connectivity index (χ1) is 16.8. The van der Waals surface area contributed by atoms with Crippen LogP contribution in [-0.4, -0.2) is 44.1 Å². The highest BCUT2D eigenvalue weighted by molar-refractivity contribution is 5.96. The molecule has 0 N–H and O–H groups in total. The van der Waals surface area contributed by atoms with E-state index in [1.54, 1.807) is 0 Å². The first kappa shape index (κ1) is 25.2. The van der Waals surface area contributed by atoms with Crippen molar-refractivity contribution < 1.29 is 40.7 Å². The Bertz CT molecular complexity index is 1240. The van der Waals surface area contributed by atoms with Gasteiger partial charge in [-0.15, -0.1) is 0 Å². The molecule has 1 saturated heterocycles. The Hall–Kier alpha value is -3.90. The number of nitrogens with zero attached hydrogens (tertiary/aromatic N) is 4. The van der Waals surface area contributed by atoms with Crippen LogP contribution < -0.4 is 0 Å². The van der Waals surface area contributed by atoms with Gasteiger partial charge in [0.25, 0.3) is 5.91 Å². The van der Waals surface area contributed by atoms with Crippen LogP contribution in [0.3, 0.4) is 0 Å². The normalized spacial score (nSPS) is 20.8. The number of hydrogen-bond acceptors (Lipinski definition) is 5. The van der Waals surface area contributed by atoms with E-state index in [1.807, 2.05) is 0 Å². The van der Waals surface area contributed by atoms with Crippen LogP contribution in [0.15, 0.2) is 61.2 Å². The largest absolute Gasteiger partial charge is 0.449 e. The van der Waals surface area contributed by atoms with E-state index >= 15 is 0 Å². The van der Waals surface area contributed by atoms with Crippen molar-refractivity contribution >= 4 is 11.9 Å². The Labute approximate surface area is 200 Å². The van der Waals surface area contributed by atoms with Crippen LogP contribution in [0, 0.1) is 0 Å². The Kier molecular flexibility index (Phi) is 6.27. The third-order valence-corrected chi connectivity index (χ3v) is 6.02. The minimum atomic E-state index is -4.60. The molecule has 13 heteroatoms. The number of carbonyl (C=O) groups is 2. The van der Waals surface area contributed by atoms with Crippen molar-refractivity contribution in [2.45, 2.75) is 37.5 Å². The maximum absolute atomic E-state index is 13.3. The monoisotopic (exact) mass is 512 g/mol. The molecule has 7 nitrogen and oxygen atoms in total. The summed E-state index contributed by atoms with van der Waals surface area (Å²) < 4.78 is 85.1. The van der Waals surface area contributed by atoms with Gasteiger partial charge in [0.05, 0.1) is 23.7 Å². The van der Waals surface area contributed by atoms with Gasteiger partial charge in [0, 0.05) is 5.56 Å². The first-order valence-corrected chi connectivity index (χ1v) is 10.5. The highest BCUT2D eigenvalue weighted by Gasteiger charge is 2.51. The average Bonchev–Trinajstić information content (AvgIpc) is 3.32. The number of benzene rings is 2. The van der Waals surface area contributed by atoms with Gasteiger partial charge in [-0.25, -0.2) is 9.67 Å². The fourth-order valence-electron chi connectivity index (χ4n) is 4.12. The van der Waals surface area contributed by atoms with Gasteiger partial charge in [-0.3, -0.25) is 9.59 Å². The van der Waals surface area contributed by atoms with Crippen LogP contribution in [0.25, 0.3) is 0 Å². The molecule has 2 aromatic carbocycles. The molecule has 0 aliphatic carbocycles. The predicted molar refractivity (Wildman–Crippen MR) is 111 cm³/mol. The molecule has 1 aromatic heterocycles. The van der Waals surface area contributed by atoms with Crippen molar-refractivity contribution in [2.24, 2.45) is 0 Å². The smallest absolute Gasteiger partial charge is 0.416 e. The number of amides is 1. The van der Waals surface area contributed by atoms with Crippen molar-refractivity contribution in [2.75, 3.05) is 6.54 Å². The van der Waals surface area contributed by atoms with Crippen LogP contribution in [0.1, 0.15) is 34.0 Å². The number of alkyl halides is 6. The molecule has 0 spiro atoms. The lowest BCUT2D eigenvalue weighted by molar-refractivity contribution is -0.186. The summed E-state index contributed by atoms with van der Waals surface area (Å²) in [6.45, 7) is 0.825. The standard InChI is InChI=1S/C23H18F6N4O3/c1-14-21(11-32-13-30-12-31-32,16-6-8-18(9-7-16)23(27,28)29)36-19(34)10-33(14)20(35)15-2-4-17(5-3-15)22(24,25)26/h2-9,12-14H,10-11H2,1H3/t14-,21-/m1/s1. The molecule has 4 rings (SSSR count). The van der Waals surface area contributed by atoms with E-state index in [-0.39, 0.29) is 17.7 Å². The number of hydrogen-bond donors (Lipinski definition) is 0. The summed E-state index contributed by atoms with van der Waals surface area (Å²) in [5.74, 6) is -1.60. The molecule has 0 radical (unpaired) electrons. The van der Waals surface area contributed by atoms with Gasteiger partial charge in [-0.2, -0.15) is 31.4 Å². The fraction of sp³-hybridized carbons (Fsp3) is 0.304. The highest BCUT2D eigenvalue weighted by Crippen LogP contribution is 2.40. The van der Waals surface area contributed by atoms with Crippen molar-refractivity contribution in [3.05, 3.63) is 83.4 Å². The second kappa shape index (κ2) is 8.95. The molecular formula is C23H18F6N4O3. The molecule has 0 bridgehead atoms. The summed E-state index contributed by atoms with van der Waals surface area (Å²) in [6, 6.07) is 6.49. The highest BCUT2D eigenvalue weighted by atomic mass is 19.4.